The quantitative estimate of drug-likeness (QED) is 0.876. The van der Waals surface area contributed by atoms with Crippen molar-refractivity contribution in [3.8, 4) is 0 Å². The van der Waals surface area contributed by atoms with E-state index in [4.69, 9.17) is 0 Å². The number of aliphatic hydroxyl groups is 1. The Kier molecular flexibility index (Phi) is 2.76. The fourth-order valence-electron chi connectivity index (χ4n) is 2.47. The van der Waals surface area contributed by atoms with Gasteiger partial charge in [0, 0.05) is 18.8 Å². The number of aliphatic hydroxyl groups excluding tert-OH is 1. The molecule has 2 aromatic carbocycles. The maximum atomic E-state index is 12.9. The highest BCUT2D eigenvalue weighted by atomic mass is 19.1. The lowest BCUT2D eigenvalue weighted by molar-refractivity contribution is 0.280. The number of rotatable bonds is 2. The monoisotopic (exact) mass is 243 g/mol. The molecule has 1 aliphatic heterocycles. The molecule has 0 saturated carbocycles. The van der Waals surface area contributed by atoms with Gasteiger partial charge in [0.05, 0.1) is 6.61 Å². The first-order valence-corrected chi connectivity index (χ1v) is 5.99. The molecule has 1 N–H and O–H groups in total. The molecule has 0 atom stereocenters. The van der Waals surface area contributed by atoms with Gasteiger partial charge in [-0.3, -0.25) is 0 Å². The van der Waals surface area contributed by atoms with Crippen molar-refractivity contribution in [1.29, 1.82) is 0 Å². The zero-order chi connectivity index (χ0) is 12.5. The second-order valence-corrected chi connectivity index (χ2v) is 4.55. The van der Waals surface area contributed by atoms with E-state index in [0.29, 0.717) is 0 Å². The third-order valence-electron chi connectivity index (χ3n) is 3.44. The Morgan fingerprint density at radius 3 is 2.56 bits per heavy atom. The van der Waals surface area contributed by atoms with Crippen LogP contribution in [0.4, 0.5) is 10.1 Å². The van der Waals surface area contributed by atoms with Crippen molar-refractivity contribution < 1.29 is 9.50 Å². The fraction of sp³-hybridized carbons (Fsp3) is 0.200. The smallest absolute Gasteiger partial charge is 0.123 e. The van der Waals surface area contributed by atoms with Gasteiger partial charge >= 0.3 is 0 Å². The number of benzene rings is 2. The molecule has 0 aromatic heterocycles. The normalized spacial score (nSPS) is 13.8. The Bertz CT molecular complexity index is 565. The SMILES string of the molecule is OCc1cccc2c1CN(c1ccc(F)cc1)C2. The highest BCUT2D eigenvalue weighted by Crippen LogP contribution is 2.30. The van der Waals surface area contributed by atoms with Crippen LogP contribution in [0, 0.1) is 5.82 Å². The molecule has 1 heterocycles. The van der Waals surface area contributed by atoms with Gasteiger partial charge in [0.25, 0.3) is 0 Å². The van der Waals surface area contributed by atoms with Crippen LogP contribution in [0.5, 0.6) is 0 Å². The van der Waals surface area contributed by atoms with Gasteiger partial charge < -0.3 is 10.0 Å². The summed E-state index contributed by atoms with van der Waals surface area (Å²) in [6.07, 6.45) is 0. The lowest BCUT2D eigenvalue weighted by Crippen LogP contribution is -2.14. The highest BCUT2D eigenvalue weighted by molar-refractivity contribution is 5.53. The zero-order valence-corrected chi connectivity index (χ0v) is 9.94. The van der Waals surface area contributed by atoms with Crippen LogP contribution >= 0.6 is 0 Å². The number of anilines is 1. The molecule has 0 amide bonds. The van der Waals surface area contributed by atoms with Gasteiger partial charge in [-0.25, -0.2) is 4.39 Å². The zero-order valence-electron chi connectivity index (χ0n) is 9.94. The maximum Gasteiger partial charge on any atom is 0.123 e. The number of hydrogen-bond acceptors (Lipinski definition) is 2. The van der Waals surface area contributed by atoms with Gasteiger partial charge in [0.15, 0.2) is 0 Å². The summed E-state index contributed by atoms with van der Waals surface area (Å²) in [4.78, 5) is 2.18. The Morgan fingerprint density at radius 1 is 1.06 bits per heavy atom. The third-order valence-corrected chi connectivity index (χ3v) is 3.44. The van der Waals surface area contributed by atoms with Crippen molar-refractivity contribution in [3.63, 3.8) is 0 Å². The van der Waals surface area contributed by atoms with Crippen LogP contribution in [0.3, 0.4) is 0 Å². The molecular weight excluding hydrogens is 229 g/mol. The second-order valence-electron chi connectivity index (χ2n) is 4.55. The average Bonchev–Trinajstić information content (AvgIpc) is 2.83. The van der Waals surface area contributed by atoms with Crippen LogP contribution in [0.15, 0.2) is 42.5 Å². The predicted molar refractivity (Wildman–Crippen MR) is 68.7 cm³/mol. The molecule has 92 valence electrons. The molecule has 0 spiro atoms. The van der Waals surface area contributed by atoms with Crippen LogP contribution in [-0.2, 0) is 19.7 Å². The molecule has 0 unspecified atom stereocenters. The van der Waals surface area contributed by atoms with E-state index in [1.54, 1.807) is 12.1 Å². The number of halogens is 1. The summed E-state index contributed by atoms with van der Waals surface area (Å²) in [6.45, 7) is 1.66. The van der Waals surface area contributed by atoms with Crippen molar-refractivity contribution in [1.82, 2.24) is 0 Å². The molecule has 0 aliphatic carbocycles. The van der Waals surface area contributed by atoms with Gasteiger partial charge in [-0.15, -0.1) is 0 Å². The van der Waals surface area contributed by atoms with Crippen molar-refractivity contribution in [2.75, 3.05) is 4.90 Å². The number of nitrogens with zero attached hydrogens (tertiary/aromatic N) is 1. The Labute approximate surface area is 105 Å². The largest absolute Gasteiger partial charge is 0.392 e. The summed E-state index contributed by atoms with van der Waals surface area (Å²) < 4.78 is 12.9. The molecule has 3 rings (SSSR count). The fourth-order valence-corrected chi connectivity index (χ4v) is 2.47. The number of fused-ring (bicyclic) bond motifs is 1. The lowest BCUT2D eigenvalue weighted by atomic mass is 10.0. The van der Waals surface area contributed by atoms with Crippen molar-refractivity contribution >= 4 is 5.69 Å². The Hall–Kier alpha value is -1.87. The van der Waals surface area contributed by atoms with Gasteiger partial charge in [-0.2, -0.15) is 0 Å². The average molecular weight is 243 g/mol. The molecule has 1 aliphatic rings. The Balaban J connectivity index is 1.91. The van der Waals surface area contributed by atoms with Gasteiger partial charge in [0.1, 0.15) is 5.82 Å². The summed E-state index contributed by atoms with van der Waals surface area (Å²) in [5, 5.41) is 9.33. The van der Waals surface area contributed by atoms with Crippen LogP contribution in [0.2, 0.25) is 0 Å². The number of hydrogen-bond donors (Lipinski definition) is 1. The van der Waals surface area contributed by atoms with Gasteiger partial charge in [-0.1, -0.05) is 18.2 Å². The van der Waals surface area contributed by atoms with E-state index in [9.17, 15) is 9.50 Å². The standard InChI is InChI=1S/C15H14FNO/c16-13-4-6-14(7-5-13)17-8-11-2-1-3-12(10-18)15(11)9-17/h1-7,18H,8-10H2. The van der Waals surface area contributed by atoms with Crippen LogP contribution in [0.1, 0.15) is 16.7 Å². The minimum atomic E-state index is -0.216. The molecule has 0 radical (unpaired) electrons. The first kappa shape index (κ1) is 11.2. The minimum absolute atomic E-state index is 0.0699. The van der Waals surface area contributed by atoms with Crippen molar-refractivity contribution in [3.05, 3.63) is 65.0 Å². The van der Waals surface area contributed by atoms with E-state index in [0.717, 1.165) is 24.3 Å². The first-order valence-electron chi connectivity index (χ1n) is 5.99. The Morgan fingerprint density at radius 2 is 1.83 bits per heavy atom. The molecule has 0 bridgehead atoms. The minimum Gasteiger partial charge on any atom is -0.392 e. The van der Waals surface area contributed by atoms with Crippen molar-refractivity contribution in [2.45, 2.75) is 19.7 Å². The van der Waals surface area contributed by atoms with E-state index in [1.165, 1.54) is 23.3 Å². The van der Waals surface area contributed by atoms with Gasteiger partial charge in [0.2, 0.25) is 0 Å². The van der Waals surface area contributed by atoms with E-state index < -0.39 is 0 Å². The van der Waals surface area contributed by atoms with Crippen LogP contribution in [0.25, 0.3) is 0 Å². The van der Waals surface area contributed by atoms with E-state index in [-0.39, 0.29) is 12.4 Å². The lowest BCUT2D eigenvalue weighted by Gasteiger charge is -2.17. The molecule has 2 aromatic rings. The van der Waals surface area contributed by atoms with E-state index in [2.05, 4.69) is 11.0 Å². The molecular formula is C15H14FNO. The molecule has 18 heavy (non-hydrogen) atoms. The summed E-state index contributed by atoms with van der Waals surface area (Å²) in [6, 6.07) is 12.5. The molecule has 0 saturated heterocycles. The molecule has 3 heteroatoms. The van der Waals surface area contributed by atoms with E-state index >= 15 is 0 Å². The van der Waals surface area contributed by atoms with E-state index in [1.807, 2.05) is 12.1 Å². The second kappa shape index (κ2) is 4.42. The van der Waals surface area contributed by atoms with Gasteiger partial charge in [-0.05, 0) is 41.0 Å². The maximum absolute atomic E-state index is 12.9. The van der Waals surface area contributed by atoms with Crippen LogP contribution < -0.4 is 4.90 Å². The topological polar surface area (TPSA) is 23.5 Å². The summed E-state index contributed by atoms with van der Waals surface area (Å²) in [5.41, 5.74) is 4.43. The third kappa shape index (κ3) is 1.87. The molecule has 2 nitrogen and oxygen atoms in total. The summed E-state index contributed by atoms with van der Waals surface area (Å²) >= 11 is 0. The van der Waals surface area contributed by atoms with Crippen LogP contribution in [-0.4, -0.2) is 5.11 Å². The van der Waals surface area contributed by atoms with Crippen molar-refractivity contribution in [2.24, 2.45) is 0 Å². The predicted octanol–water partition coefficient (Wildman–Crippen LogP) is 2.84. The first-order chi connectivity index (χ1) is 8.78. The highest BCUT2D eigenvalue weighted by Gasteiger charge is 2.21. The molecule has 0 fully saturated rings. The summed E-state index contributed by atoms with van der Waals surface area (Å²) in [7, 11) is 0. The summed E-state index contributed by atoms with van der Waals surface area (Å²) in [5.74, 6) is -0.216.